The molecule has 0 amide bonds. The Morgan fingerprint density at radius 1 is 0.750 bits per heavy atom. The normalized spacial score (nSPS) is 10.0. The van der Waals surface area contributed by atoms with Gasteiger partial charge in [-0.25, -0.2) is 4.98 Å². The summed E-state index contributed by atoms with van der Waals surface area (Å²) in [6.45, 7) is 0. The first-order valence-corrected chi connectivity index (χ1v) is 6.04. The van der Waals surface area contributed by atoms with E-state index in [1.165, 1.54) is 0 Å². The van der Waals surface area contributed by atoms with E-state index in [0.29, 0.717) is 23.1 Å². The molecule has 0 aliphatic heterocycles. The van der Waals surface area contributed by atoms with Crippen LogP contribution in [0.25, 0.3) is 11.1 Å². The van der Waals surface area contributed by atoms with Gasteiger partial charge in [0.2, 0.25) is 11.6 Å². The van der Waals surface area contributed by atoms with E-state index >= 15 is 0 Å². The lowest BCUT2D eigenvalue weighted by molar-refractivity contribution is 0.324. The fraction of sp³-hybridized carbons (Fsp3) is 0.267. The van der Waals surface area contributed by atoms with E-state index < -0.39 is 0 Å². The van der Waals surface area contributed by atoms with Crippen molar-refractivity contribution in [3.63, 3.8) is 0 Å². The molecule has 0 N–H and O–H groups in total. The third-order valence-electron chi connectivity index (χ3n) is 2.94. The molecule has 0 spiro atoms. The van der Waals surface area contributed by atoms with Crippen LogP contribution in [0.15, 0.2) is 30.5 Å². The van der Waals surface area contributed by atoms with Crippen molar-refractivity contribution in [1.82, 2.24) is 4.98 Å². The molecule has 0 saturated carbocycles. The lowest BCUT2D eigenvalue weighted by atomic mass is 10.1. The van der Waals surface area contributed by atoms with Crippen LogP contribution in [0.4, 0.5) is 0 Å². The molecule has 20 heavy (non-hydrogen) atoms. The van der Waals surface area contributed by atoms with E-state index in [2.05, 4.69) is 4.98 Å². The summed E-state index contributed by atoms with van der Waals surface area (Å²) in [6.07, 6.45) is 1.74. The van der Waals surface area contributed by atoms with Gasteiger partial charge in [-0.2, -0.15) is 0 Å². The Labute approximate surface area is 118 Å². The van der Waals surface area contributed by atoms with Gasteiger partial charge in [-0.1, -0.05) is 0 Å². The third kappa shape index (κ3) is 2.61. The Balaban J connectivity index is 2.50. The van der Waals surface area contributed by atoms with Crippen LogP contribution in [-0.4, -0.2) is 33.4 Å². The van der Waals surface area contributed by atoms with E-state index in [9.17, 15) is 0 Å². The zero-order valence-corrected chi connectivity index (χ0v) is 12.0. The standard InChI is InChI=1S/C15H17NO4/c1-17-12-7-11(8-13(18-2)15(12)20-4)10-5-6-14(19-3)16-9-10/h5-9H,1-4H3. The van der Waals surface area contributed by atoms with Crippen LogP contribution in [-0.2, 0) is 0 Å². The molecule has 0 unspecified atom stereocenters. The smallest absolute Gasteiger partial charge is 0.212 e. The number of benzene rings is 1. The molecule has 106 valence electrons. The number of aromatic nitrogens is 1. The van der Waals surface area contributed by atoms with Gasteiger partial charge < -0.3 is 18.9 Å². The van der Waals surface area contributed by atoms with Crippen LogP contribution >= 0.6 is 0 Å². The topological polar surface area (TPSA) is 49.8 Å². The van der Waals surface area contributed by atoms with Crippen LogP contribution in [0.5, 0.6) is 23.1 Å². The number of pyridine rings is 1. The van der Waals surface area contributed by atoms with Crippen LogP contribution in [0.1, 0.15) is 0 Å². The molecule has 0 atom stereocenters. The average Bonchev–Trinajstić information content (AvgIpc) is 2.53. The fourth-order valence-corrected chi connectivity index (χ4v) is 1.92. The van der Waals surface area contributed by atoms with Gasteiger partial charge in [0.25, 0.3) is 0 Å². The van der Waals surface area contributed by atoms with E-state index in [4.69, 9.17) is 18.9 Å². The predicted molar refractivity (Wildman–Crippen MR) is 75.9 cm³/mol. The minimum absolute atomic E-state index is 0.570. The predicted octanol–water partition coefficient (Wildman–Crippen LogP) is 2.78. The maximum absolute atomic E-state index is 5.34. The number of methoxy groups -OCH3 is 4. The largest absolute Gasteiger partial charge is 0.493 e. The van der Waals surface area contributed by atoms with Crippen molar-refractivity contribution in [1.29, 1.82) is 0 Å². The number of hydrogen-bond donors (Lipinski definition) is 0. The highest BCUT2D eigenvalue weighted by molar-refractivity contribution is 5.70. The average molecular weight is 275 g/mol. The van der Waals surface area contributed by atoms with Gasteiger partial charge in [-0.3, -0.25) is 0 Å². The van der Waals surface area contributed by atoms with Crippen molar-refractivity contribution in [3.05, 3.63) is 30.5 Å². The first-order chi connectivity index (χ1) is 9.73. The molecule has 0 bridgehead atoms. The Bertz CT molecular complexity index is 556. The van der Waals surface area contributed by atoms with E-state index in [1.807, 2.05) is 18.2 Å². The lowest BCUT2D eigenvalue weighted by Crippen LogP contribution is -1.96. The van der Waals surface area contributed by atoms with Crippen LogP contribution in [0.3, 0.4) is 0 Å². The SMILES string of the molecule is COc1ccc(-c2cc(OC)c(OC)c(OC)c2)cn1. The highest BCUT2D eigenvalue weighted by atomic mass is 16.5. The summed E-state index contributed by atoms with van der Waals surface area (Å²) in [5.41, 5.74) is 1.86. The van der Waals surface area contributed by atoms with Crippen LogP contribution in [0, 0.1) is 0 Å². The zero-order chi connectivity index (χ0) is 14.5. The second-order valence-electron chi connectivity index (χ2n) is 4.00. The van der Waals surface area contributed by atoms with E-state index in [1.54, 1.807) is 40.7 Å². The molecular formula is C15H17NO4. The molecule has 0 fully saturated rings. The van der Waals surface area contributed by atoms with Crippen molar-refractivity contribution < 1.29 is 18.9 Å². The van der Waals surface area contributed by atoms with Gasteiger partial charge >= 0.3 is 0 Å². The van der Waals surface area contributed by atoms with Gasteiger partial charge in [-0.15, -0.1) is 0 Å². The lowest BCUT2D eigenvalue weighted by Gasteiger charge is -2.14. The molecule has 0 aliphatic rings. The number of hydrogen-bond acceptors (Lipinski definition) is 5. The number of rotatable bonds is 5. The van der Waals surface area contributed by atoms with Crippen molar-refractivity contribution in [2.45, 2.75) is 0 Å². The summed E-state index contributed by atoms with van der Waals surface area (Å²) in [7, 11) is 6.34. The first kappa shape index (κ1) is 14.0. The van der Waals surface area contributed by atoms with Crippen LogP contribution < -0.4 is 18.9 Å². The Kier molecular flexibility index (Phi) is 4.30. The minimum Gasteiger partial charge on any atom is -0.493 e. The zero-order valence-electron chi connectivity index (χ0n) is 12.0. The second kappa shape index (κ2) is 6.14. The quantitative estimate of drug-likeness (QED) is 0.839. The third-order valence-corrected chi connectivity index (χ3v) is 2.94. The van der Waals surface area contributed by atoms with Gasteiger partial charge in [0.15, 0.2) is 11.5 Å². The summed E-state index contributed by atoms with van der Waals surface area (Å²) in [5.74, 6) is 2.36. The number of nitrogens with zero attached hydrogens (tertiary/aromatic N) is 1. The second-order valence-corrected chi connectivity index (χ2v) is 4.00. The van der Waals surface area contributed by atoms with Crippen molar-refractivity contribution in [3.8, 4) is 34.3 Å². The Hall–Kier alpha value is -2.43. The first-order valence-electron chi connectivity index (χ1n) is 6.04. The molecule has 1 aromatic heterocycles. The van der Waals surface area contributed by atoms with Gasteiger partial charge in [0, 0.05) is 17.8 Å². The van der Waals surface area contributed by atoms with Gasteiger partial charge in [0.05, 0.1) is 28.4 Å². The number of ether oxygens (including phenoxy) is 4. The summed E-state index contributed by atoms with van der Waals surface area (Å²) in [4.78, 5) is 4.19. The maximum atomic E-state index is 5.34. The van der Waals surface area contributed by atoms with Gasteiger partial charge in [-0.05, 0) is 23.8 Å². The highest BCUT2D eigenvalue weighted by Gasteiger charge is 2.14. The molecular weight excluding hydrogens is 258 g/mol. The van der Waals surface area contributed by atoms with E-state index in [-0.39, 0.29) is 0 Å². The van der Waals surface area contributed by atoms with Gasteiger partial charge in [0.1, 0.15) is 0 Å². The summed E-state index contributed by atoms with van der Waals surface area (Å²) >= 11 is 0. The Morgan fingerprint density at radius 2 is 1.40 bits per heavy atom. The van der Waals surface area contributed by atoms with Crippen molar-refractivity contribution >= 4 is 0 Å². The molecule has 2 rings (SSSR count). The summed E-state index contributed by atoms with van der Waals surface area (Å²) in [6, 6.07) is 7.49. The van der Waals surface area contributed by atoms with E-state index in [0.717, 1.165) is 11.1 Å². The molecule has 5 nitrogen and oxygen atoms in total. The molecule has 1 heterocycles. The van der Waals surface area contributed by atoms with Crippen LogP contribution in [0.2, 0.25) is 0 Å². The molecule has 0 radical (unpaired) electrons. The molecule has 1 aromatic carbocycles. The fourth-order valence-electron chi connectivity index (χ4n) is 1.92. The Morgan fingerprint density at radius 3 is 1.80 bits per heavy atom. The minimum atomic E-state index is 0.570. The van der Waals surface area contributed by atoms with Crippen molar-refractivity contribution in [2.24, 2.45) is 0 Å². The summed E-state index contributed by atoms with van der Waals surface area (Å²) < 4.78 is 21.0. The molecule has 5 heteroatoms. The molecule has 0 aliphatic carbocycles. The molecule has 2 aromatic rings. The monoisotopic (exact) mass is 275 g/mol. The van der Waals surface area contributed by atoms with Crippen molar-refractivity contribution in [2.75, 3.05) is 28.4 Å². The maximum Gasteiger partial charge on any atom is 0.212 e. The highest BCUT2D eigenvalue weighted by Crippen LogP contribution is 2.41. The summed E-state index contributed by atoms with van der Waals surface area (Å²) in [5, 5.41) is 0. The molecule has 0 saturated heterocycles.